The molecule has 2 heterocycles. The molecular formula is C12H11ClN4. The Morgan fingerprint density at radius 3 is 2.47 bits per heavy atom. The Morgan fingerprint density at radius 2 is 1.82 bits per heavy atom. The second-order valence-corrected chi connectivity index (χ2v) is 4.43. The van der Waals surface area contributed by atoms with Crippen LogP contribution in [0.5, 0.6) is 0 Å². The molecule has 2 aromatic rings. The molecule has 5 heteroatoms. The number of hydrogen-bond acceptors (Lipinski definition) is 4. The van der Waals surface area contributed by atoms with Gasteiger partial charge in [0.2, 0.25) is 5.95 Å². The van der Waals surface area contributed by atoms with Crippen LogP contribution in [0.3, 0.4) is 0 Å². The quantitative estimate of drug-likeness (QED) is 0.838. The van der Waals surface area contributed by atoms with Crippen molar-refractivity contribution in [2.24, 2.45) is 0 Å². The first-order valence-corrected chi connectivity index (χ1v) is 5.71. The lowest BCUT2D eigenvalue weighted by Crippen LogP contribution is -2.17. The van der Waals surface area contributed by atoms with E-state index in [4.69, 9.17) is 17.3 Å². The van der Waals surface area contributed by atoms with Crippen LogP contribution < -0.4 is 10.6 Å². The molecule has 0 amide bonds. The number of benzene rings is 1. The number of aromatic nitrogens is 2. The molecule has 0 saturated carbocycles. The Kier molecular flexibility index (Phi) is 2.37. The number of hydrogen-bond donors (Lipinski definition) is 1. The van der Waals surface area contributed by atoms with Crippen molar-refractivity contribution in [3.63, 3.8) is 0 Å². The van der Waals surface area contributed by atoms with Crippen LogP contribution >= 0.6 is 11.6 Å². The molecule has 0 aliphatic carbocycles. The van der Waals surface area contributed by atoms with Gasteiger partial charge in [0.25, 0.3) is 0 Å². The molecule has 0 spiro atoms. The van der Waals surface area contributed by atoms with Gasteiger partial charge in [0.05, 0.1) is 6.20 Å². The van der Waals surface area contributed by atoms with Gasteiger partial charge in [-0.25, -0.2) is 4.98 Å². The van der Waals surface area contributed by atoms with Crippen molar-refractivity contribution in [2.75, 3.05) is 10.6 Å². The summed E-state index contributed by atoms with van der Waals surface area (Å²) < 4.78 is 0. The summed E-state index contributed by atoms with van der Waals surface area (Å²) in [6.45, 7) is 1.62. The Hall–Kier alpha value is -1.81. The third kappa shape index (κ3) is 1.80. The van der Waals surface area contributed by atoms with Crippen LogP contribution in [0, 0.1) is 0 Å². The van der Waals surface area contributed by atoms with Gasteiger partial charge < -0.3 is 10.6 Å². The van der Waals surface area contributed by atoms with E-state index in [2.05, 4.69) is 27.0 Å². The second kappa shape index (κ2) is 3.89. The molecule has 3 rings (SSSR count). The van der Waals surface area contributed by atoms with Crippen LogP contribution in [0.25, 0.3) is 0 Å². The smallest absolute Gasteiger partial charge is 0.222 e. The van der Waals surface area contributed by atoms with Crippen LogP contribution in [0.1, 0.15) is 11.1 Å². The van der Waals surface area contributed by atoms with E-state index in [1.165, 1.54) is 11.1 Å². The van der Waals surface area contributed by atoms with Gasteiger partial charge in [-0.2, -0.15) is 4.98 Å². The molecule has 0 unspecified atom stereocenters. The van der Waals surface area contributed by atoms with E-state index in [1.807, 2.05) is 12.1 Å². The summed E-state index contributed by atoms with van der Waals surface area (Å²) in [5.74, 6) is 0.954. The molecule has 0 fully saturated rings. The van der Waals surface area contributed by atoms with Crippen molar-refractivity contribution in [3.8, 4) is 0 Å². The molecule has 86 valence electrons. The van der Waals surface area contributed by atoms with E-state index in [9.17, 15) is 0 Å². The zero-order chi connectivity index (χ0) is 11.8. The molecule has 1 aromatic heterocycles. The maximum Gasteiger partial charge on any atom is 0.222 e. The number of rotatable bonds is 1. The number of fused-ring (bicyclic) bond motifs is 1. The SMILES string of the molecule is Nc1ncc(Cl)c(N2Cc3ccccc3C2)n1. The first-order valence-electron chi connectivity index (χ1n) is 5.34. The van der Waals surface area contributed by atoms with E-state index in [0.29, 0.717) is 10.8 Å². The van der Waals surface area contributed by atoms with Crippen LogP contribution in [0.15, 0.2) is 30.5 Å². The van der Waals surface area contributed by atoms with Crippen molar-refractivity contribution in [2.45, 2.75) is 13.1 Å². The van der Waals surface area contributed by atoms with Gasteiger partial charge in [0, 0.05) is 13.1 Å². The van der Waals surface area contributed by atoms with E-state index in [-0.39, 0.29) is 5.95 Å². The van der Waals surface area contributed by atoms with Crippen LogP contribution in [-0.4, -0.2) is 9.97 Å². The predicted octanol–water partition coefficient (Wildman–Crippen LogP) is 2.23. The predicted molar refractivity (Wildman–Crippen MR) is 67.8 cm³/mol. The van der Waals surface area contributed by atoms with Crippen LogP contribution in [0.2, 0.25) is 5.02 Å². The molecule has 0 atom stereocenters. The molecule has 0 saturated heterocycles. The lowest BCUT2D eigenvalue weighted by atomic mass is 10.1. The molecule has 1 aliphatic heterocycles. The summed E-state index contributed by atoms with van der Waals surface area (Å²) in [5, 5.41) is 0.534. The van der Waals surface area contributed by atoms with Crippen molar-refractivity contribution >= 4 is 23.4 Å². The van der Waals surface area contributed by atoms with Gasteiger partial charge in [-0.15, -0.1) is 0 Å². The fourth-order valence-corrected chi connectivity index (χ4v) is 2.29. The standard InChI is InChI=1S/C12H11ClN4/c13-10-5-15-12(14)16-11(10)17-6-8-3-1-2-4-9(8)7-17/h1-5H,6-7H2,(H2,14,15,16). The van der Waals surface area contributed by atoms with Crippen LogP contribution in [-0.2, 0) is 13.1 Å². The highest BCUT2D eigenvalue weighted by molar-refractivity contribution is 6.32. The highest BCUT2D eigenvalue weighted by atomic mass is 35.5. The summed E-state index contributed by atoms with van der Waals surface area (Å²) in [4.78, 5) is 10.2. The lowest BCUT2D eigenvalue weighted by Gasteiger charge is -2.17. The van der Waals surface area contributed by atoms with E-state index in [0.717, 1.165) is 13.1 Å². The maximum absolute atomic E-state index is 6.10. The van der Waals surface area contributed by atoms with Gasteiger partial charge in [-0.3, -0.25) is 0 Å². The van der Waals surface area contributed by atoms with Crippen molar-refractivity contribution < 1.29 is 0 Å². The Bertz CT molecular complexity index is 545. The van der Waals surface area contributed by atoms with E-state index in [1.54, 1.807) is 6.20 Å². The summed E-state index contributed by atoms with van der Waals surface area (Å²) in [7, 11) is 0. The molecular weight excluding hydrogens is 236 g/mol. The van der Waals surface area contributed by atoms with Crippen molar-refractivity contribution in [1.29, 1.82) is 0 Å². The largest absolute Gasteiger partial charge is 0.368 e. The van der Waals surface area contributed by atoms with E-state index >= 15 is 0 Å². The Morgan fingerprint density at radius 1 is 1.18 bits per heavy atom. The lowest BCUT2D eigenvalue weighted by molar-refractivity contribution is 0.854. The third-order valence-electron chi connectivity index (χ3n) is 2.88. The summed E-state index contributed by atoms with van der Waals surface area (Å²) in [6, 6.07) is 8.32. The third-order valence-corrected chi connectivity index (χ3v) is 3.15. The maximum atomic E-state index is 6.10. The van der Waals surface area contributed by atoms with Gasteiger partial charge in [0.1, 0.15) is 5.02 Å². The van der Waals surface area contributed by atoms with Gasteiger partial charge in [-0.05, 0) is 11.1 Å². The molecule has 4 nitrogen and oxygen atoms in total. The minimum Gasteiger partial charge on any atom is -0.368 e. The summed E-state index contributed by atoms with van der Waals surface area (Å²) >= 11 is 6.10. The fraction of sp³-hybridized carbons (Fsp3) is 0.167. The molecule has 1 aromatic carbocycles. The summed E-state index contributed by atoms with van der Waals surface area (Å²) in [6.07, 6.45) is 1.54. The molecule has 1 aliphatic rings. The second-order valence-electron chi connectivity index (χ2n) is 4.02. The van der Waals surface area contributed by atoms with Crippen molar-refractivity contribution in [1.82, 2.24) is 9.97 Å². The number of nitrogens with two attached hydrogens (primary N) is 1. The number of anilines is 2. The number of nitrogen functional groups attached to an aromatic ring is 1. The number of nitrogens with zero attached hydrogens (tertiary/aromatic N) is 3. The van der Waals surface area contributed by atoms with Gasteiger partial charge in [0.15, 0.2) is 5.82 Å². The minimum atomic E-state index is 0.250. The van der Waals surface area contributed by atoms with Crippen molar-refractivity contribution in [3.05, 3.63) is 46.6 Å². The van der Waals surface area contributed by atoms with Gasteiger partial charge >= 0.3 is 0 Å². The highest BCUT2D eigenvalue weighted by Crippen LogP contribution is 2.31. The Labute approximate surface area is 104 Å². The molecule has 0 bridgehead atoms. The average molecular weight is 247 g/mol. The highest BCUT2D eigenvalue weighted by Gasteiger charge is 2.21. The monoisotopic (exact) mass is 246 g/mol. The number of halogens is 1. The van der Waals surface area contributed by atoms with E-state index < -0.39 is 0 Å². The fourth-order valence-electron chi connectivity index (χ4n) is 2.08. The normalized spacial score (nSPS) is 13.8. The first-order chi connectivity index (χ1) is 8.24. The molecule has 2 N–H and O–H groups in total. The Balaban J connectivity index is 1.96. The zero-order valence-electron chi connectivity index (χ0n) is 9.10. The topological polar surface area (TPSA) is 55.0 Å². The van der Waals surface area contributed by atoms with Gasteiger partial charge in [-0.1, -0.05) is 35.9 Å². The molecule has 17 heavy (non-hydrogen) atoms. The average Bonchev–Trinajstić information content (AvgIpc) is 2.75. The van der Waals surface area contributed by atoms with Crippen LogP contribution in [0.4, 0.5) is 11.8 Å². The first kappa shape index (κ1) is 10.4. The summed E-state index contributed by atoms with van der Waals surface area (Å²) in [5.41, 5.74) is 8.21. The minimum absolute atomic E-state index is 0.250. The molecule has 0 radical (unpaired) electrons. The zero-order valence-corrected chi connectivity index (χ0v) is 9.85.